The fraction of sp³-hybridized carbons (Fsp3) is 0.200. The first-order chi connectivity index (χ1) is 25.6. The predicted molar refractivity (Wildman–Crippen MR) is 195 cm³/mol. The van der Waals surface area contributed by atoms with Gasteiger partial charge in [0.25, 0.3) is 0 Å². The Labute approximate surface area is 392 Å². The standard InChI is InChI=1S/2C20H20N6.4Ag/c2*1-3-17-11-23-7-9-25(15-23)13-19-5-2-6-20(22-19)14-26-10-8-24(16-26)12-18(4-1)21-17;;;;/h2*1-10,15-16H,11-14H2;;;;/q2*-2;4*+1. The Balaban J connectivity index is 0.000000200. The Morgan fingerprint density at radius 2 is 0.411 bits per heavy atom. The molecule has 10 heterocycles. The van der Waals surface area contributed by atoms with Gasteiger partial charge in [-0.05, 0) is 98.1 Å². The predicted octanol–water partition coefficient (Wildman–Crippen LogP) is 5.20. The third kappa shape index (κ3) is 11.5. The monoisotopic (exact) mass is 1120 g/mol. The molecule has 6 aliphatic rings. The molecule has 56 heavy (non-hydrogen) atoms. The van der Waals surface area contributed by atoms with Crippen LogP contribution in [0.1, 0.15) is 45.6 Å². The molecule has 0 N–H and O–H groups in total. The van der Waals surface area contributed by atoms with Crippen molar-refractivity contribution >= 4 is 0 Å². The molecule has 4 aromatic heterocycles. The first kappa shape index (κ1) is 44.0. The summed E-state index contributed by atoms with van der Waals surface area (Å²) >= 11 is 0. The van der Waals surface area contributed by atoms with Crippen LogP contribution in [0.2, 0.25) is 0 Å². The summed E-state index contributed by atoms with van der Waals surface area (Å²) in [5.41, 5.74) is 8.54. The maximum atomic E-state index is 4.82. The number of hydrogen-bond donors (Lipinski definition) is 0. The minimum atomic E-state index is 0. The number of rotatable bonds is 0. The van der Waals surface area contributed by atoms with Crippen molar-refractivity contribution in [1.29, 1.82) is 0 Å². The first-order valence-corrected chi connectivity index (χ1v) is 17.6. The van der Waals surface area contributed by atoms with Crippen molar-refractivity contribution in [1.82, 2.24) is 59.1 Å². The van der Waals surface area contributed by atoms with Gasteiger partial charge in [0.2, 0.25) is 0 Å². The molecule has 0 aliphatic carbocycles. The molecule has 0 fully saturated rings. The van der Waals surface area contributed by atoms with Crippen LogP contribution in [0.5, 0.6) is 0 Å². The molecular formula is C40H40Ag4N12. The van der Waals surface area contributed by atoms with E-state index >= 15 is 0 Å². The largest absolute Gasteiger partial charge is 1.00 e. The quantitative estimate of drug-likeness (QED) is 0.172. The maximum Gasteiger partial charge on any atom is 1.00 e. The van der Waals surface area contributed by atoms with Crippen LogP contribution in [0.25, 0.3) is 0 Å². The van der Waals surface area contributed by atoms with Crippen molar-refractivity contribution in [2.24, 2.45) is 0 Å². The molecule has 304 valence electrons. The van der Waals surface area contributed by atoms with E-state index in [1.165, 1.54) is 0 Å². The normalized spacial score (nSPS) is 17.4. The topological polar surface area (TPSA) is 77.5 Å². The molecule has 16 bridgehead atoms. The Kier molecular flexibility index (Phi) is 16.2. The number of fused-ring (bicyclic) bond motifs is 16. The molecule has 12 nitrogen and oxygen atoms in total. The number of nitrogens with zero attached hydrogens (tertiary/aromatic N) is 12. The van der Waals surface area contributed by atoms with E-state index in [-0.39, 0.29) is 89.5 Å². The molecule has 0 saturated heterocycles. The Hall–Kier alpha value is -3.08. The Bertz CT molecular complexity index is 1630. The smallest absolute Gasteiger partial charge is 0.503 e. The van der Waals surface area contributed by atoms with E-state index in [1.807, 2.05) is 0 Å². The molecule has 0 saturated carbocycles. The van der Waals surface area contributed by atoms with Gasteiger partial charge < -0.3 is 39.2 Å². The van der Waals surface area contributed by atoms with Crippen LogP contribution in [0.4, 0.5) is 0 Å². The van der Waals surface area contributed by atoms with E-state index in [0.717, 1.165) is 97.9 Å². The van der Waals surface area contributed by atoms with Gasteiger partial charge in [-0.1, -0.05) is 24.3 Å². The van der Waals surface area contributed by atoms with Crippen LogP contribution >= 0.6 is 0 Å². The summed E-state index contributed by atoms with van der Waals surface area (Å²) < 4.78 is 0. The van der Waals surface area contributed by atoms with E-state index < -0.39 is 0 Å². The second-order valence-corrected chi connectivity index (χ2v) is 13.5. The molecule has 0 unspecified atom stereocenters. The average Bonchev–Trinajstić information content (AvgIpc) is 3.96. The van der Waals surface area contributed by atoms with Crippen molar-refractivity contribution in [2.75, 3.05) is 0 Å². The van der Waals surface area contributed by atoms with Crippen LogP contribution in [0, 0.1) is 26.7 Å². The third-order valence-corrected chi connectivity index (χ3v) is 9.20. The van der Waals surface area contributed by atoms with Gasteiger partial charge in [0.05, 0.1) is 45.6 Å². The Morgan fingerprint density at radius 3 is 0.554 bits per heavy atom. The summed E-state index contributed by atoms with van der Waals surface area (Å²) in [6, 6.07) is 25.0. The molecule has 0 amide bonds. The summed E-state index contributed by atoms with van der Waals surface area (Å²) in [6.07, 6.45) is 16.7. The van der Waals surface area contributed by atoms with Gasteiger partial charge in [-0.3, -0.25) is 19.9 Å². The van der Waals surface area contributed by atoms with Crippen LogP contribution in [-0.4, -0.2) is 59.1 Å². The summed E-state index contributed by atoms with van der Waals surface area (Å²) in [5.74, 6) is 0. The maximum absolute atomic E-state index is 4.82. The summed E-state index contributed by atoms with van der Waals surface area (Å²) in [5, 5.41) is 0. The molecule has 4 aromatic rings. The van der Waals surface area contributed by atoms with E-state index in [9.17, 15) is 0 Å². The molecule has 0 atom stereocenters. The van der Waals surface area contributed by atoms with Crippen LogP contribution in [0.15, 0.2) is 122 Å². The molecule has 0 radical (unpaired) electrons. The van der Waals surface area contributed by atoms with Crippen molar-refractivity contribution < 1.29 is 89.5 Å². The first-order valence-electron chi connectivity index (χ1n) is 17.6. The van der Waals surface area contributed by atoms with Crippen molar-refractivity contribution in [3.8, 4) is 0 Å². The van der Waals surface area contributed by atoms with Gasteiger partial charge in [0.15, 0.2) is 0 Å². The summed E-state index contributed by atoms with van der Waals surface area (Å²) in [6.45, 7) is 14.6. The second kappa shape index (κ2) is 20.6. The van der Waals surface area contributed by atoms with Crippen LogP contribution in [0.3, 0.4) is 0 Å². The number of hydrogen-bond acceptors (Lipinski definition) is 12. The van der Waals surface area contributed by atoms with Crippen molar-refractivity contribution in [3.05, 3.63) is 195 Å². The van der Waals surface area contributed by atoms with Gasteiger partial charge in [0, 0.05) is 52.4 Å². The minimum Gasteiger partial charge on any atom is -0.503 e. The van der Waals surface area contributed by atoms with Crippen molar-refractivity contribution in [3.63, 3.8) is 0 Å². The van der Waals surface area contributed by atoms with E-state index in [2.05, 4.69) is 188 Å². The number of pyridine rings is 4. The van der Waals surface area contributed by atoms with Gasteiger partial charge in [-0.2, -0.15) is 26.7 Å². The van der Waals surface area contributed by atoms with E-state index in [1.54, 1.807) is 0 Å². The van der Waals surface area contributed by atoms with E-state index in [0.29, 0.717) is 0 Å². The van der Waals surface area contributed by atoms with Gasteiger partial charge >= 0.3 is 89.5 Å². The average molecular weight is 1120 g/mol. The van der Waals surface area contributed by atoms with Crippen LogP contribution in [-0.2, 0) is 142 Å². The minimum absolute atomic E-state index is 0. The number of aromatic nitrogens is 4. The molecule has 16 heteroatoms. The fourth-order valence-electron chi connectivity index (χ4n) is 6.82. The van der Waals surface area contributed by atoms with Gasteiger partial charge in [-0.25, -0.2) is 0 Å². The summed E-state index contributed by atoms with van der Waals surface area (Å²) in [4.78, 5) is 36.5. The summed E-state index contributed by atoms with van der Waals surface area (Å²) in [7, 11) is 0. The molecular weight excluding hydrogens is 1080 g/mol. The van der Waals surface area contributed by atoms with Crippen molar-refractivity contribution in [2.45, 2.75) is 52.4 Å². The third-order valence-electron chi connectivity index (χ3n) is 9.20. The molecule has 0 spiro atoms. The molecule has 6 aliphatic heterocycles. The zero-order valence-electron chi connectivity index (χ0n) is 30.1. The van der Waals surface area contributed by atoms with Gasteiger partial charge in [0.1, 0.15) is 0 Å². The zero-order chi connectivity index (χ0) is 34.7. The van der Waals surface area contributed by atoms with E-state index in [4.69, 9.17) is 19.9 Å². The zero-order valence-corrected chi connectivity index (χ0v) is 36.0. The molecule has 0 aromatic carbocycles. The molecule has 10 rings (SSSR count). The van der Waals surface area contributed by atoms with Gasteiger partial charge in [-0.15, -0.1) is 0 Å². The SMILES string of the molecule is C1=CN2[CH-]N1Cc1cccc(n1)CN1C=CN([CH-]1)Cc1cccc(n1)C2.C1=CN2[CH-]N1Cc1cccc(n1)CN1C=CN([CH-]1)Cc1cccc(n1)C2.[Ag+].[Ag+].[Ag+].[Ag+]. The second-order valence-electron chi connectivity index (χ2n) is 13.5. The van der Waals surface area contributed by atoms with Crippen LogP contribution < -0.4 is 0 Å². The Morgan fingerprint density at radius 1 is 0.268 bits per heavy atom. The fourth-order valence-corrected chi connectivity index (χ4v) is 6.82.